The summed E-state index contributed by atoms with van der Waals surface area (Å²) in [5, 5.41) is 2.66. The molecule has 38 heteroatoms. The molecule has 0 spiro atoms. The van der Waals surface area contributed by atoms with E-state index in [0.29, 0.717) is 0 Å². The first-order valence-corrected chi connectivity index (χ1v) is 39.1. The van der Waals surface area contributed by atoms with Crippen molar-refractivity contribution in [3.63, 3.8) is 0 Å². The summed E-state index contributed by atoms with van der Waals surface area (Å²) in [7, 11) is -1.82. The van der Waals surface area contributed by atoms with Gasteiger partial charge < -0.3 is 71.6 Å². The van der Waals surface area contributed by atoms with Crippen LogP contribution in [0.4, 0.5) is 24.0 Å². The number of rotatable bonds is 9. The van der Waals surface area contributed by atoms with Gasteiger partial charge in [0.25, 0.3) is 0 Å². The fraction of sp³-hybridized carbons (Fsp3) is 0.691. The molecule has 588 valence electrons. The maximum atomic E-state index is 13.1. The van der Waals surface area contributed by atoms with E-state index in [1.165, 1.54) is 12.0 Å². The fourth-order valence-corrected chi connectivity index (χ4v) is 13.4. The smallest absolute Gasteiger partial charge is 0.917 e. The van der Waals surface area contributed by atoms with Crippen LogP contribution in [0, 0.1) is 20.7 Å². The Morgan fingerprint density at radius 3 is 1.16 bits per heavy atom. The number of H-pyrrole nitrogens is 4. The molecule has 4 aromatic rings. The van der Waals surface area contributed by atoms with Crippen LogP contribution in [0.1, 0.15) is 251 Å². The number of amides is 6. The summed E-state index contributed by atoms with van der Waals surface area (Å²) in [4.78, 5) is 141. The number of ether oxygens (including phenoxy) is 5. The molecule has 5 aliphatic heterocycles. The average molecular weight is 1980 g/mol. The summed E-state index contributed by atoms with van der Waals surface area (Å²) < 4.78 is 55.6. The molecule has 5 fully saturated rings. The Kier molecular flexibility index (Phi) is 45.6. The van der Waals surface area contributed by atoms with E-state index in [0.717, 1.165) is 109 Å². The number of hydrogen-bond donors (Lipinski definition) is 5. The van der Waals surface area contributed by atoms with Crippen molar-refractivity contribution in [1.82, 2.24) is 69.7 Å². The summed E-state index contributed by atoms with van der Waals surface area (Å²) in [6.45, 7) is 36.4. The van der Waals surface area contributed by atoms with Gasteiger partial charge in [-0.1, -0.05) is 21.3 Å². The summed E-state index contributed by atoms with van der Waals surface area (Å²) in [5.41, 5.74) is -1.92. The molecule has 5 N–H and O–H groups in total. The van der Waals surface area contributed by atoms with Crippen LogP contribution in [-0.4, -0.2) is 196 Å². The summed E-state index contributed by atoms with van der Waals surface area (Å²) >= 11 is 8.77. The minimum absolute atomic E-state index is 0. The summed E-state index contributed by atoms with van der Waals surface area (Å²) in [5.74, 6) is 3.21. The van der Waals surface area contributed by atoms with Gasteiger partial charge in [-0.2, -0.15) is 11.0 Å². The Morgan fingerprint density at radius 2 is 0.868 bits per heavy atom. The van der Waals surface area contributed by atoms with Crippen molar-refractivity contribution in [3.05, 3.63) is 62.9 Å². The van der Waals surface area contributed by atoms with Crippen LogP contribution < -0.4 is 64.4 Å². The second-order valence-electron chi connectivity index (χ2n) is 29.5. The van der Waals surface area contributed by atoms with Gasteiger partial charge in [0.2, 0.25) is 5.91 Å². The molecule has 9 rings (SSSR count). The van der Waals surface area contributed by atoms with Crippen LogP contribution in [0.3, 0.4) is 0 Å². The van der Waals surface area contributed by atoms with Gasteiger partial charge >= 0.3 is 89.6 Å². The third kappa shape index (κ3) is 33.8. The van der Waals surface area contributed by atoms with Crippen molar-refractivity contribution in [3.8, 4) is 0 Å². The molecule has 0 bridgehead atoms. The Labute approximate surface area is 725 Å². The Balaban J connectivity index is 0.00000126. The number of aldehydes is 3. The maximum absolute atomic E-state index is 13.1. The number of alkyl carbamates (subject to hydrolysis) is 1. The largest absolute Gasteiger partial charge is 1.00 e. The van der Waals surface area contributed by atoms with E-state index in [2.05, 4.69) is 154 Å². The number of halogens is 4. The zero-order valence-electron chi connectivity index (χ0n) is 64.4. The summed E-state index contributed by atoms with van der Waals surface area (Å²) in [6.07, 6.45) is 15.6. The van der Waals surface area contributed by atoms with Crippen molar-refractivity contribution in [2.45, 2.75) is 292 Å². The predicted molar refractivity (Wildman–Crippen MR) is 421 cm³/mol. The molecule has 4 aromatic heterocycles. The van der Waals surface area contributed by atoms with Crippen molar-refractivity contribution < 1.29 is 139 Å². The summed E-state index contributed by atoms with van der Waals surface area (Å²) in [6, 6.07) is -0.273. The van der Waals surface area contributed by atoms with Crippen molar-refractivity contribution in [2.75, 3.05) is 7.11 Å². The van der Waals surface area contributed by atoms with Gasteiger partial charge in [0, 0.05) is 42.6 Å². The quantitative estimate of drug-likeness (QED) is 0.0154. The standard InChI is InChI=1S/C15H23IN4O3.C13H19I2N3O2.C13H20IN3O2.C13H21N3O2.C11H19NO3.C2H2O2.CH4.2Na.O3S/c1-8(2)12(19-15(22)23-4)14(21)20-9(3)5-6-10(20)13-17-7-11(16)18-13;1-7-5-6-8(11-16-9(14)10(15)17-11)18(7)12(19)20-13(2,3)4;1-8-5-6-9(11-15-7-10(14)16-11)17(8)12(18)19-13(2,3)4;1-9-5-6-10(11-14-7-8-15-11)16(9)12(17)18-13(2,3)4;1-8-5-6-9(7-13)12(8)10(14)15-11(2,3)4;3-1-2-4;;;;1-4(2)3/h7-10,12H,5-6H2,1-4H3,(H,17,18)(H,19,22);7-8H,5-6H2,1-4H3,(H,16,17);7-9H,5-6H2,1-4H3,(H,15,16);7-10H,5-6H2,1-4H3,(H,14,15);7-9H,5-6H2,1-4H3;1-2H;1H4;;;/q;;;;;;;2*+1;-2/t9-,10-,12-;7-,8-;8-,9-;9-,10-;8-,9-;;;;;/m00000...../s1. The van der Waals surface area contributed by atoms with E-state index in [1.54, 1.807) is 34.6 Å². The minimum atomic E-state index is -3.11. The molecular weight excluding hydrogens is 1870 g/mol. The van der Waals surface area contributed by atoms with Gasteiger partial charge in [0.1, 0.15) is 65.4 Å². The maximum Gasteiger partial charge on any atom is 1.00 e. The normalized spacial score (nSPS) is 21.9. The van der Waals surface area contributed by atoms with Crippen molar-refractivity contribution in [1.29, 1.82) is 0 Å². The van der Waals surface area contributed by atoms with Gasteiger partial charge in [-0.25, -0.2) is 43.9 Å². The van der Waals surface area contributed by atoms with Crippen LogP contribution in [0.5, 0.6) is 0 Å². The Morgan fingerprint density at radius 1 is 0.538 bits per heavy atom. The zero-order chi connectivity index (χ0) is 78.4. The molecule has 5 saturated heterocycles. The van der Waals surface area contributed by atoms with Gasteiger partial charge in [-0.15, -0.1) is 0 Å². The van der Waals surface area contributed by atoms with Gasteiger partial charge in [-0.3, -0.25) is 34.0 Å². The fourth-order valence-electron chi connectivity index (χ4n) is 11.8. The molecule has 0 saturated carbocycles. The number of nitrogens with one attached hydrogen (secondary N) is 5. The minimum Gasteiger partial charge on any atom is -0.917 e. The van der Waals surface area contributed by atoms with Crippen LogP contribution in [0.25, 0.3) is 0 Å². The molecule has 6 amide bonds. The van der Waals surface area contributed by atoms with E-state index in [-0.39, 0.29) is 176 Å². The molecule has 106 heavy (non-hydrogen) atoms. The van der Waals surface area contributed by atoms with E-state index in [1.807, 2.05) is 128 Å². The first-order chi connectivity index (χ1) is 47.7. The van der Waals surface area contributed by atoms with E-state index in [9.17, 15) is 33.6 Å². The monoisotopic (exact) mass is 1980 g/mol. The van der Waals surface area contributed by atoms with Crippen molar-refractivity contribution >= 4 is 157 Å². The molecule has 0 radical (unpaired) electrons. The van der Waals surface area contributed by atoms with Crippen LogP contribution in [0.2, 0.25) is 0 Å². The number of nitrogens with zero attached hydrogens (tertiary/aromatic N) is 9. The predicted octanol–water partition coefficient (Wildman–Crippen LogP) is 8.30. The van der Waals surface area contributed by atoms with E-state index >= 15 is 0 Å². The topological polar surface area (TPSA) is 400 Å². The first kappa shape index (κ1) is 102. The number of hydrogen-bond acceptors (Lipinski definition) is 22. The zero-order valence-corrected chi connectivity index (χ0v) is 77.9. The van der Waals surface area contributed by atoms with Crippen LogP contribution in [-0.2, 0) is 62.3 Å². The third-order valence-electron chi connectivity index (χ3n) is 16.2. The van der Waals surface area contributed by atoms with Crippen molar-refractivity contribution in [2.24, 2.45) is 5.92 Å². The average Bonchev–Trinajstić information content (AvgIpc) is 1.66. The van der Waals surface area contributed by atoms with E-state index in [4.69, 9.17) is 41.5 Å². The molecular formula is C68H108I4N14Na2O17S. The number of carbonyl (C=O) groups excluding carboxylic acids is 9. The first-order valence-electron chi connectivity index (χ1n) is 33.8. The van der Waals surface area contributed by atoms with Crippen LogP contribution >= 0.6 is 90.4 Å². The Bertz CT molecular complexity index is 3450. The molecule has 0 unspecified atom stereocenters. The number of imidazole rings is 4. The van der Waals surface area contributed by atoms with E-state index < -0.39 is 45.5 Å². The van der Waals surface area contributed by atoms with Gasteiger partial charge in [0.05, 0.1) is 57.1 Å². The molecule has 0 aliphatic carbocycles. The van der Waals surface area contributed by atoms with Gasteiger partial charge in [-0.05, 0) is 278 Å². The molecule has 9 heterocycles. The molecule has 31 nitrogen and oxygen atoms in total. The second-order valence-corrected chi connectivity index (χ2v) is 34.3. The second kappa shape index (κ2) is 47.1. The number of likely N-dealkylation sites (tertiary alicyclic amines) is 5. The molecule has 0 aromatic carbocycles. The number of aromatic amines is 4. The molecule has 11 atom stereocenters. The number of aromatic nitrogens is 8. The van der Waals surface area contributed by atoms with Gasteiger partial charge in [0.15, 0.2) is 12.6 Å². The third-order valence-corrected chi connectivity index (χ3v) is 19.9. The number of carbonyl (C=O) groups is 9. The Hall–Kier alpha value is -3.50. The van der Waals surface area contributed by atoms with Crippen LogP contribution in [0.15, 0.2) is 24.8 Å². The molecule has 5 aliphatic rings. The SMILES string of the molecule is C.COC(=O)N[C@H](C(=O)N1[C@@H](C)CC[C@H]1c1ncc(I)[nH]1)C(C)C.C[C@H]1CC[C@@H](C=O)N1C(=O)OC(C)(C)C.C[C@H]1CC[C@@H](c2nc(I)c(I)[nH]2)N1C(=O)OC(C)(C)C.C[C@H]1CC[C@@H](c2ncc(I)[nH]2)N1C(=O)OC(C)(C)C.C[C@H]1CC[C@@H](c2ncc[nH]2)N1C(=O)OC(C)(C)C.O=CC=O.O=[S-](=O)[O-].[Na+].[Na+]. The number of methoxy groups -OCH3 is 1.